The highest BCUT2D eigenvalue weighted by Crippen LogP contribution is 2.37. The van der Waals surface area contributed by atoms with E-state index in [-0.39, 0.29) is 11.9 Å². The van der Waals surface area contributed by atoms with Crippen molar-refractivity contribution in [3.63, 3.8) is 0 Å². The fraction of sp³-hybridized carbons (Fsp3) is 0.333. The average Bonchev–Trinajstić information content (AvgIpc) is 2.96. The molecule has 4 rings (SSSR count). The molecule has 0 unspecified atom stereocenters. The molecule has 1 fully saturated rings. The third-order valence-electron chi connectivity index (χ3n) is 4.74. The first-order chi connectivity index (χ1) is 11.2. The summed E-state index contributed by atoms with van der Waals surface area (Å²) in [6.07, 6.45) is 8.88. The second-order valence-electron chi connectivity index (χ2n) is 6.19. The van der Waals surface area contributed by atoms with E-state index in [0.29, 0.717) is 5.92 Å². The molecule has 118 valence electrons. The van der Waals surface area contributed by atoms with Gasteiger partial charge in [0.05, 0.1) is 23.3 Å². The summed E-state index contributed by atoms with van der Waals surface area (Å²) in [4.78, 5) is 8.61. The molecular weight excluding hydrogens is 293 g/mol. The minimum atomic E-state index is -0.247. The first-order valence-corrected chi connectivity index (χ1v) is 7.97. The van der Waals surface area contributed by atoms with Crippen molar-refractivity contribution >= 4 is 11.0 Å². The zero-order chi connectivity index (χ0) is 15.8. The van der Waals surface area contributed by atoms with Gasteiger partial charge in [-0.15, -0.1) is 0 Å². The predicted octanol–water partition coefficient (Wildman–Crippen LogP) is 3.58. The van der Waals surface area contributed by atoms with Crippen LogP contribution in [-0.4, -0.2) is 25.7 Å². The minimum absolute atomic E-state index is 0.175. The summed E-state index contributed by atoms with van der Waals surface area (Å²) < 4.78 is 15.2. The summed E-state index contributed by atoms with van der Waals surface area (Å²) in [6, 6.07) is 6.44. The van der Waals surface area contributed by atoms with Crippen LogP contribution in [0.25, 0.3) is 16.7 Å². The van der Waals surface area contributed by atoms with Crippen molar-refractivity contribution < 1.29 is 9.50 Å². The quantitative estimate of drug-likeness (QED) is 0.787. The van der Waals surface area contributed by atoms with E-state index in [9.17, 15) is 9.50 Å². The molecular formula is C18H18FN3O. The molecule has 0 bridgehead atoms. The zero-order valence-electron chi connectivity index (χ0n) is 12.7. The summed E-state index contributed by atoms with van der Waals surface area (Å²) in [5.74, 6) is 0.153. The molecule has 0 aliphatic heterocycles. The van der Waals surface area contributed by atoms with Gasteiger partial charge in [-0.05, 0) is 61.4 Å². The number of nitrogens with zero attached hydrogens (tertiary/aromatic N) is 3. The van der Waals surface area contributed by atoms with Gasteiger partial charge in [0.1, 0.15) is 12.1 Å². The molecule has 0 atom stereocenters. The predicted molar refractivity (Wildman–Crippen MR) is 86.0 cm³/mol. The Bertz CT molecular complexity index is 820. The van der Waals surface area contributed by atoms with Crippen LogP contribution < -0.4 is 0 Å². The molecule has 5 heteroatoms. The molecule has 0 saturated heterocycles. The van der Waals surface area contributed by atoms with Crippen molar-refractivity contribution in [3.8, 4) is 5.69 Å². The summed E-state index contributed by atoms with van der Waals surface area (Å²) in [5.41, 5.74) is 3.97. The average molecular weight is 311 g/mol. The molecule has 0 spiro atoms. The summed E-state index contributed by atoms with van der Waals surface area (Å²) in [7, 11) is 0. The number of fused-ring (bicyclic) bond motifs is 1. The number of aliphatic hydroxyl groups excluding tert-OH is 1. The molecule has 1 N–H and O–H groups in total. The lowest BCUT2D eigenvalue weighted by Gasteiger charge is -2.24. The van der Waals surface area contributed by atoms with Gasteiger partial charge in [-0.25, -0.2) is 14.4 Å². The maximum absolute atomic E-state index is 13.2. The van der Waals surface area contributed by atoms with Gasteiger partial charge in [-0.1, -0.05) is 0 Å². The summed E-state index contributed by atoms with van der Waals surface area (Å²) >= 11 is 0. The molecule has 1 aliphatic carbocycles. The van der Waals surface area contributed by atoms with Crippen LogP contribution in [-0.2, 0) is 0 Å². The minimum Gasteiger partial charge on any atom is -0.393 e. The Hall–Kier alpha value is -2.27. The molecule has 23 heavy (non-hydrogen) atoms. The van der Waals surface area contributed by atoms with Crippen molar-refractivity contribution in [2.75, 3.05) is 0 Å². The number of halogens is 1. The van der Waals surface area contributed by atoms with Crippen molar-refractivity contribution in [1.29, 1.82) is 0 Å². The Labute approximate surface area is 133 Å². The standard InChI is InChI=1S/C18H18FN3O/c19-13-3-5-14(6-4-13)22-10-16(12-1-7-15(23)8-2-12)18-17(22)9-20-11-21-18/h3-6,9-12,15,23H,1-2,7-8H2. The topological polar surface area (TPSA) is 50.9 Å². The van der Waals surface area contributed by atoms with E-state index in [1.807, 2.05) is 4.57 Å². The van der Waals surface area contributed by atoms with E-state index >= 15 is 0 Å². The van der Waals surface area contributed by atoms with Gasteiger partial charge < -0.3 is 9.67 Å². The number of aliphatic hydroxyl groups is 1. The van der Waals surface area contributed by atoms with Crippen LogP contribution in [0.5, 0.6) is 0 Å². The first kappa shape index (κ1) is 14.3. The fourth-order valence-corrected chi connectivity index (χ4v) is 3.49. The maximum Gasteiger partial charge on any atom is 0.123 e. The molecule has 1 aliphatic rings. The molecule has 2 aromatic heterocycles. The van der Waals surface area contributed by atoms with Crippen LogP contribution in [0.4, 0.5) is 4.39 Å². The van der Waals surface area contributed by atoms with Crippen LogP contribution in [0, 0.1) is 5.82 Å². The van der Waals surface area contributed by atoms with Gasteiger partial charge in [0, 0.05) is 11.9 Å². The normalized spacial score (nSPS) is 21.7. The SMILES string of the molecule is OC1CCC(c2cn(-c3ccc(F)cc3)c3cncnc23)CC1. The van der Waals surface area contributed by atoms with E-state index < -0.39 is 0 Å². The largest absolute Gasteiger partial charge is 0.393 e. The molecule has 3 aromatic rings. The second-order valence-corrected chi connectivity index (χ2v) is 6.19. The van der Waals surface area contributed by atoms with Crippen LogP contribution >= 0.6 is 0 Å². The number of hydrogen-bond donors (Lipinski definition) is 1. The van der Waals surface area contributed by atoms with Crippen LogP contribution in [0.2, 0.25) is 0 Å². The van der Waals surface area contributed by atoms with E-state index in [1.165, 1.54) is 17.7 Å². The Balaban J connectivity index is 1.81. The Morgan fingerprint density at radius 3 is 2.57 bits per heavy atom. The van der Waals surface area contributed by atoms with Gasteiger partial charge in [0.15, 0.2) is 0 Å². The third-order valence-corrected chi connectivity index (χ3v) is 4.74. The lowest BCUT2D eigenvalue weighted by atomic mass is 9.83. The van der Waals surface area contributed by atoms with Crippen LogP contribution in [0.1, 0.15) is 37.2 Å². The molecule has 0 radical (unpaired) electrons. The number of aromatic nitrogens is 3. The Kier molecular flexibility index (Phi) is 3.58. The third kappa shape index (κ3) is 2.61. The molecule has 0 amide bonds. The van der Waals surface area contributed by atoms with Gasteiger partial charge in [0.25, 0.3) is 0 Å². The van der Waals surface area contributed by atoms with Crippen molar-refractivity contribution in [3.05, 3.63) is 54.4 Å². The molecule has 2 heterocycles. The summed E-state index contributed by atoms with van der Waals surface area (Å²) in [6.45, 7) is 0. The highest BCUT2D eigenvalue weighted by molar-refractivity contribution is 5.81. The van der Waals surface area contributed by atoms with E-state index in [0.717, 1.165) is 42.4 Å². The lowest BCUT2D eigenvalue weighted by Crippen LogP contribution is -2.16. The monoisotopic (exact) mass is 311 g/mol. The molecule has 4 nitrogen and oxygen atoms in total. The lowest BCUT2D eigenvalue weighted by molar-refractivity contribution is 0.122. The van der Waals surface area contributed by atoms with Gasteiger partial charge in [-0.2, -0.15) is 0 Å². The Morgan fingerprint density at radius 2 is 1.83 bits per heavy atom. The number of benzene rings is 1. The fourth-order valence-electron chi connectivity index (χ4n) is 3.49. The first-order valence-electron chi connectivity index (χ1n) is 7.97. The van der Waals surface area contributed by atoms with Gasteiger partial charge >= 0.3 is 0 Å². The van der Waals surface area contributed by atoms with Gasteiger partial charge in [-0.3, -0.25) is 0 Å². The number of rotatable bonds is 2. The smallest absolute Gasteiger partial charge is 0.123 e. The maximum atomic E-state index is 13.2. The van der Waals surface area contributed by atoms with Crippen molar-refractivity contribution in [1.82, 2.24) is 14.5 Å². The highest BCUT2D eigenvalue weighted by Gasteiger charge is 2.24. The van der Waals surface area contributed by atoms with Crippen molar-refractivity contribution in [2.24, 2.45) is 0 Å². The van der Waals surface area contributed by atoms with Crippen LogP contribution in [0.15, 0.2) is 43.0 Å². The number of hydrogen-bond acceptors (Lipinski definition) is 3. The van der Waals surface area contributed by atoms with Gasteiger partial charge in [0.2, 0.25) is 0 Å². The van der Waals surface area contributed by atoms with Crippen LogP contribution in [0.3, 0.4) is 0 Å². The summed E-state index contributed by atoms with van der Waals surface area (Å²) in [5, 5.41) is 9.73. The van der Waals surface area contributed by atoms with Crippen molar-refractivity contribution in [2.45, 2.75) is 37.7 Å². The second kappa shape index (κ2) is 5.74. The van der Waals surface area contributed by atoms with E-state index in [4.69, 9.17) is 0 Å². The Morgan fingerprint density at radius 1 is 1.09 bits per heavy atom. The van der Waals surface area contributed by atoms with E-state index in [2.05, 4.69) is 16.2 Å². The molecule has 1 aromatic carbocycles. The highest BCUT2D eigenvalue weighted by atomic mass is 19.1. The zero-order valence-corrected chi connectivity index (χ0v) is 12.7. The molecule has 1 saturated carbocycles. The van der Waals surface area contributed by atoms with E-state index in [1.54, 1.807) is 24.7 Å².